The van der Waals surface area contributed by atoms with Gasteiger partial charge in [-0.1, -0.05) is 12.1 Å². The third kappa shape index (κ3) is 2.01. The van der Waals surface area contributed by atoms with E-state index in [4.69, 9.17) is 0 Å². The molecule has 0 aromatic heterocycles. The van der Waals surface area contributed by atoms with Crippen molar-refractivity contribution in [1.29, 1.82) is 0 Å². The third-order valence-corrected chi connectivity index (χ3v) is 3.96. The van der Waals surface area contributed by atoms with Crippen LogP contribution in [0.25, 0.3) is 5.57 Å². The lowest BCUT2D eigenvalue weighted by Gasteiger charge is -2.15. The van der Waals surface area contributed by atoms with Crippen LogP contribution >= 0.6 is 0 Å². The summed E-state index contributed by atoms with van der Waals surface area (Å²) in [6.45, 7) is 2.39. The monoisotopic (exact) mass is 250 g/mol. The van der Waals surface area contributed by atoms with Crippen LogP contribution < -0.4 is 17.3 Å². The first-order valence-electron chi connectivity index (χ1n) is 6.11. The zero-order chi connectivity index (χ0) is 11.1. The van der Waals surface area contributed by atoms with Gasteiger partial charge in [0, 0.05) is 36.7 Å². The summed E-state index contributed by atoms with van der Waals surface area (Å²) in [6, 6.07) is 8.87. The molecule has 1 aromatic rings. The number of hydrogen-bond acceptors (Lipinski definition) is 1. The second-order valence-corrected chi connectivity index (χ2v) is 4.93. The predicted octanol–water partition coefficient (Wildman–Crippen LogP) is -1.71. The Morgan fingerprint density at radius 3 is 2.65 bits per heavy atom. The number of fused-ring (bicyclic) bond motifs is 2. The molecule has 1 aromatic carbocycles. The second-order valence-electron chi connectivity index (χ2n) is 4.93. The van der Waals surface area contributed by atoms with Crippen molar-refractivity contribution in [2.45, 2.75) is 12.8 Å². The van der Waals surface area contributed by atoms with E-state index in [0.717, 1.165) is 0 Å². The summed E-state index contributed by atoms with van der Waals surface area (Å²) >= 11 is 0. The largest absolute Gasteiger partial charge is 1.00 e. The smallest absolute Gasteiger partial charge is 0.143 e. The third-order valence-electron chi connectivity index (χ3n) is 3.96. The molecule has 1 N–H and O–H groups in total. The van der Waals surface area contributed by atoms with Gasteiger partial charge in [-0.05, 0) is 19.5 Å². The quantitative estimate of drug-likeness (QED) is 0.576. The Morgan fingerprint density at radius 1 is 1.12 bits per heavy atom. The van der Waals surface area contributed by atoms with E-state index < -0.39 is 0 Å². The van der Waals surface area contributed by atoms with Gasteiger partial charge in [0.05, 0.1) is 7.05 Å². The van der Waals surface area contributed by atoms with Crippen molar-refractivity contribution < 1.29 is 17.3 Å². The molecule has 1 unspecified atom stereocenters. The van der Waals surface area contributed by atoms with Gasteiger partial charge in [-0.25, -0.2) is 0 Å². The molecule has 17 heavy (non-hydrogen) atoms. The minimum absolute atomic E-state index is 0. The Kier molecular flexibility index (Phi) is 3.57. The molecule has 3 rings (SSSR count). The number of rotatable bonds is 0. The number of hydrogen-bond donors (Lipinski definition) is 1. The van der Waals surface area contributed by atoms with Gasteiger partial charge < -0.3 is 17.3 Å². The molecular weight excluding hydrogens is 232 g/mol. The summed E-state index contributed by atoms with van der Waals surface area (Å²) < 4.78 is 0. The summed E-state index contributed by atoms with van der Waals surface area (Å²) in [6.07, 6.45) is 2.42. The predicted molar refractivity (Wildman–Crippen MR) is 66.6 cm³/mol. The summed E-state index contributed by atoms with van der Waals surface area (Å²) in [5.74, 6) is 0. The zero-order valence-electron chi connectivity index (χ0n) is 10.5. The topological polar surface area (TPSA) is 7.68 Å². The van der Waals surface area contributed by atoms with Crippen LogP contribution in [0.3, 0.4) is 0 Å². The second kappa shape index (κ2) is 4.81. The van der Waals surface area contributed by atoms with Gasteiger partial charge in [0.25, 0.3) is 0 Å². The van der Waals surface area contributed by atoms with Crippen molar-refractivity contribution in [3.63, 3.8) is 0 Å². The first-order chi connectivity index (χ1) is 7.77. The van der Waals surface area contributed by atoms with E-state index in [1.807, 2.05) is 0 Å². The highest BCUT2D eigenvalue weighted by atomic mass is 35.5. The van der Waals surface area contributed by atoms with Gasteiger partial charge >= 0.3 is 0 Å². The molecule has 0 bridgehead atoms. The maximum atomic E-state index is 2.44. The lowest BCUT2D eigenvalue weighted by atomic mass is 10.0. The maximum absolute atomic E-state index is 2.44. The van der Waals surface area contributed by atoms with Gasteiger partial charge in [-0.3, -0.25) is 4.90 Å². The fraction of sp³-hybridized carbons (Fsp3) is 0.429. The van der Waals surface area contributed by atoms with Crippen molar-refractivity contribution in [2.24, 2.45) is 0 Å². The zero-order valence-corrected chi connectivity index (χ0v) is 11.2. The van der Waals surface area contributed by atoms with E-state index >= 15 is 0 Å². The van der Waals surface area contributed by atoms with Crippen LogP contribution in [-0.2, 0) is 0 Å². The van der Waals surface area contributed by atoms with E-state index in [-0.39, 0.29) is 12.4 Å². The van der Waals surface area contributed by atoms with Gasteiger partial charge in [-0.15, -0.1) is 0 Å². The highest BCUT2D eigenvalue weighted by Crippen LogP contribution is 2.33. The van der Waals surface area contributed by atoms with Gasteiger partial charge in [-0.2, -0.15) is 0 Å². The minimum atomic E-state index is 0. The molecule has 0 saturated carbocycles. The number of nitrogens with one attached hydrogen (secondary N) is 1. The molecule has 3 heteroatoms. The first kappa shape index (κ1) is 12.6. The number of halogens is 1. The number of para-hydroxylation sites is 1. The molecule has 2 aliphatic rings. The summed E-state index contributed by atoms with van der Waals surface area (Å²) in [5, 5.41) is 0. The highest BCUT2D eigenvalue weighted by Gasteiger charge is 2.32. The minimum Gasteiger partial charge on any atom is -1.00 e. The summed E-state index contributed by atoms with van der Waals surface area (Å²) in [5.41, 5.74) is 6.19. The van der Waals surface area contributed by atoms with Crippen molar-refractivity contribution in [2.75, 3.05) is 27.2 Å². The molecule has 92 valence electrons. The molecular formula is C14H19ClN2. The summed E-state index contributed by atoms with van der Waals surface area (Å²) in [7, 11) is 4.51. The van der Waals surface area contributed by atoms with E-state index in [0.29, 0.717) is 0 Å². The normalized spacial score (nSPS) is 23.8. The molecule has 0 saturated heterocycles. The Balaban J connectivity index is 0.00000108. The Morgan fingerprint density at radius 2 is 1.82 bits per heavy atom. The first-order valence-corrected chi connectivity index (χ1v) is 6.11. The lowest BCUT2D eigenvalue weighted by molar-refractivity contribution is -0.764. The SMILES string of the molecule is CN1CCC2=C(CC1)[NH+](C)c1ccccc12.[Cl-]. The molecule has 0 spiro atoms. The molecule has 0 radical (unpaired) electrons. The lowest BCUT2D eigenvalue weighted by Crippen LogP contribution is -3.01. The van der Waals surface area contributed by atoms with Crippen molar-refractivity contribution >= 4 is 11.3 Å². The molecule has 0 fully saturated rings. The van der Waals surface area contributed by atoms with Gasteiger partial charge in [0.15, 0.2) is 0 Å². The van der Waals surface area contributed by atoms with Crippen LogP contribution in [0.2, 0.25) is 0 Å². The number of benzene rings is 1. The van der Waals surface area contributed by atoms with E-state index in [1.165, 1.54) is 42.1 Å². The van der Waals surface area contributed by atoms with Crippen LogP contribution in [0.4, 0.5) is 5.69 Å². The fourth-order valence-electron chi connectivity index (χ4n) is 2.97. The Labute approximate surface area is 109 Å². The van der Waals surface area contributed by atoms with E-state index in [1.54, 1.807) is 11.3 Å². The molecule has 2 heterocycles. The Bertz CT molecular complexity index is 453. The highest BCUT2D eigenvalue weighted by molar-refractivity contribution is 5.77. The molecule has 1 atom stereocenters. The van der Waals surface area contributed by atoms with Gasteiger partial charge in [0.2, 0.25) is 0 Å². The van der Waals surface area contributed by atoms with Crippen LogP contribution in [0.15, 0.2) is 30.0 Å². The Hall–Kier alpha value is -0.830. The number of quaternary nitrogens is 1. The fourth-order valence-corrected chi connectivity index (χ4v) is 2.97. The van der Waals surface area contributed by atoms with E-state index in [2.05, 4.69) is 43.3 Å². The van der Waals surface area contributed by atoms with E-state index in [9.17, 15) is 0 Å². The van der Waals surface area contributed by atoms with Gasteiger partial charge in [0.1, 0.15) is 11.4 Å². The standard InChI is InChI=1S/C14H18N2.ClH/c1-15-9-7-12-11-5-3-4-6-13(11)16(2)14(12)8-10-15;/h3-6H,7-10H2,1-2H3;1H. The van der Waals surface area contributed by atoms with Crippen molar-refractivity contribution in [1.82, 2.24) is 4.90 Å². The molecule has 0 amide bonds. The average Bonchev–Trinajstić information content (AvgIpc) is 2.46. The average molecular weight is 251 g/mol. The maximum Gasteiger partial charge on any atom is 0.143 e. The molecule has 2 nitrogen and oxygen atoms in total. The number of nitrogens with zero attached hydrogens (tertiary/aromatic N) is 1. The van der Waals surface area contributed by atoms with Crippen molar-refractivity contribution in [3.8, 4) is 0 Å². The van der Waals surface area contributed by atoms with Crippen LogP contribution in [-0.4, -0.2) is 32.1 Å². The molecule has 0 aliphatic carbocycles. The summed E-state index contributed by atoms with van der Waals surface area (Å²) in [4.78, 5) is 3.95. The van der Waals surface area contributed by atoms with Crippen molar-refractivity contribution in [3.05, 3.63) is 35.5 Å². The van der Waals surface area contributed by atoms with Crippen LogP contribution in [0.1, 0.15) is 18.4 Å². The van der Waals surface area contributed by atoms with Crippen LogP contribution in [0.5, 0.6) is 0 Å². The van der Waals surface area contributed by atoms with Crippen LogP contribution in [0, 0.1) is 0 Å². The molecule has 2 aliphatic heterocycles.